The summed E-state index contributed by atoms with van der Waals surface area (Å²) in [6.07, 6.45) is 2.79. The van der Waals surface area contributed by atoms with Crippen molar-refractivity contribution in [1.82, 2.24) is 18.8 Å². The third-order valence-corrected chi connectivity index (χ3v) is 5.68. The van der Waals surface area contributed by atoms with Crippen molar-refractivity contribution < 1.29 is 9.53 Å². The Morgan fingerprint density at radius 3 is 2.85 bits per heavy atom. The van der Waals surface area contributed by atoms with Gasteiger partial charge in [0.15, 0.2) is 11.4 Å². The second-order valence-electron chi connectivity index (χ2n) is 6.17. The number of pyridine rings is 1. The van der Waals surface area contributed by atoms with E-state index in [4.69, 9.17) is 16.3 Å². The number of carbonyl (C=O) groups excluding carboxylic acids is 1. The quantitative estimate of drug-likeness (QED) is 0.357. The first kappa shape index (κ1) is 16.3. The van der Waals surface area contributed by atoms with Gasteiger partial charge in [-0.1, -0.05) is 41.9 Å². The standard InChI is InChI=1S/C19H12ClN4O2S/c20-17-8-12-4-3-5-13(14(12)9-21-17)10-24(18-22-11-23-27-18)15-6-1-2-7-16(15)26-19(24)25/h1-9,11H,10H2/q+1. The summed E-state index contributed by atoms with van der Waals surface area (Å²) in [5.74, 6) is 0.541. The number of hydrogen-bond donors (Lipinski definition) is 0. The molecule has 1 aliphatic heterocycles. The molecule has 1 atom stereocenters. The van der Waals surface area contributed by atoms with Crippen molar-refractivity contribution in [3.63, 3.8) is 0 Å². The highest BCUT2D eigenvalue weighted by molar-refractivity contribution is 7.09. The van der Waals surface area contributed by atoms with Crippen LogP contribution in [0.3, 0.4) is 0 Å². The molecule has 5 rings (SSSR count). The molecule has 0 bridgehead atoms. The molecule has 0 spiro atoms. The monoisotopic (exact) mass is 395 g/mol. The molecule has 27 heavy (non-hydrogen) atoms. The van der Waals surface area contributed by atoms with E-state index in [9.17, 15) is 4.79 Å². The van der Waals surface area contributed by atoms with Gasteiger partial charge < -0.3 is 4.74 Å². The van der Waals surface area contributed by atoms with E-state index in [0.717, 1.165) is 22.0 Å². The summed E-state index contributed by atoms with van der Waals surface area (Å²) in [5.41, 5.74) is 1.69. The van der Waals surface area contributed by atoms with Gasteiger partial charge in [0.1, 0.15) is 18.0 Å². The van der Waals surface area contributed by atoms with E-state index >= 15 is 0 Å². The molecule has 132 valence electrons. The molecular weight excluding hydrogens is 384 g/mol. The van der Waals surface area contributed by atoms with Crippen molar-refractivity contribution in [2.45, 2.75) is 6.54 Å². The van der Waals surface area contributed by atoms with Crippen LogP contribution in [0.25, 0.3) is 10.8 Å². The Kier molecular flexibility index (Phi) is 3.68. The summed E-state index contributed by atoms with van der Waals surface area (Å²) in [6.45, 7) is 0.339. The van der Waals surface area contributed by atoms with Crippen molar-refractivity contribution in [3.05, 3.63) is 71.8 Å². The smallest absolute Gasteiger partial charge is 0.374 e. The minimum Gasteiger partial charge on any atom is -0.374 e. The number of para-hydroxylation sites is 2. The Morgan fingerprint density at radius 1 is 1.11 bits per heavy atom. The number of hydrogen-bond acceptors (Lipinski definition) is 6. The molecule has 0 radical (unpaired) electrons. The van der Waals surface area contributed by atoms with E-state index in [1.54, 1.807) is 12.3 Å². The maximum absolute atomic E-state index is 13.1. The molecule has 0 saturated carbocycles. The van der Waals surface area contributed by atoms with Gasteiger partial charge in [0.2, 0.25) is 0 Å². The van der Waals surface area contributed by atoms with Crippen LogP contribution in [0.1, 0.15) is 5.56 Å². The van der Waals surface area contributed by atoms with Crippen molar-refractivity contribution in [1.29, 1.82) is 0 Å². The minimum atomic E-state index is -0.396. The van der Waals surface area contributed by atoms with Crippen LogP contribution in [0.15, 0.2) is 61.1 Å². The molecule has 1 unspecified atom stereocenters. The molecule has 6 nitrogen and oxygen atoms in total. The lowest BCUT2D eigenvalue weighted by Crippen LogP contribution is -2.46. The number of amides is 1. The molecule has 0 N–H and O–H groups in total. The van der Waals surface area contributed by atoms with Gasteiger partial charge in [-0.05, 0) is 17.5 Å². The predicted octanol–water partition coefficient (Wildman–Crippen LogP) is 5.09. The van der Waals surface area contributed by atoms with E-state index < -0.39 is 6.09 Å². The average Bonchev–Trinajstić information content (AvgIpc) is 3.29. The number of fused-ring (bicyclic) bond motifs is 2. The number of rotatable bonds is 3. The molecule has 8 heteroatoms. The lowest BCUT2D eigenvalue weighted by atomic mass is 10.1. The minimum absolute atomic E-state index is 0.164. The molecular formula is C19H12ClN4O2S+. The van der Waals surface area contributed by atoms with Crippen LogP contribution >= 0.6 is 23.1 Å². The van der Waals surface area contributed by atoms with Crippen molar-refractivity contribution in [2.75, 3.05) is 0 Å². The first-order valence-corrected chi connectivity index (χ1v) is 9.34. The van der Waals surface area contributed by atoms with Crippen LogP contribution in [0, 0.1) is 0 Å². The van der Waals surface area contributed by atoms with E-state index in [2.05, 4.69) is 14.3 Å². The number of benzene rings is 2. The fourth-order valence-corrected chi connectivity index (χ4v) is 4.29. The maximum Gasteiger partial charge on any atom is 0.534 e. The highest BCUT2D eigenvalue weighted by Gasteiger charge is 2.54. The Labute approximate surface area is 163 Å². The molecule has 0 fully saturated rings. The van der Waals surface area contributed by atoms with Gasteiger partial charge in [0, 0.05) is 34.7 Å². The topological polar surface area (TPSA) is 65.0 Å². The van der Waals surface area contributed by atoms with Crippen LogP contribution in [0.4, 0.5) is 15.6 Å². The SMILES string of the molecule is O=C1Oc2ccccc2[N+]1(Cc1cccc2cc(Cl)ncc12)c1ncns1. The highest BCUT2D eigenvalue weighted by atomic mass is 35.5. The Bertz CT molecular complexity index is 1180. The fraction of sp³-hybridized carbons (Fsp3) is 0.0526. The Hall–Kier alpha value is -2.87. The van der Waals surface area contributed by atoms with E-state index in [1.807, 2.05) is 42.5 Å². The summed E-state index contributed by atoms with van der Waals surface area (Å²) in [6, 6.07) is 15.1. The lowest BCUT2D eigenvalue weighted by molar-refractivity contribution is 0.184. The first-order valence-electron chi connectivity index (χ1n) is 8.19. The normalized spacial score (nSPS) is 18.5. The van der Waals surface area contributed by atoms with Crippen molar-refractivity contribution in [2.24, 2.45) is 0 Å². The number of carbonyl (C=O) groups is 1. The molecule has 2 aromatic carbocycles. The van der Waals surface area contributed by atoms with Gasteiger partial charge in [0.05, 0.1) is 0 Å². The van der Waals surface area contributed by atoms with Gasteiger partial charge in [-0.25, -0.2) is 4.98 Å². The number of quaternary nitrogens is 1. The highest BCUT2D eigenvalue weighted by Crippen LogP contribution is 2.48. The summed E-state index contributed by atoms with van der Waals surface area (Å²) in [7, 11) is 0. The van der Waals surface area contributed by atoms with Crippen LogP contribution in [-0.4, -0.2) is 20.4 Å². The zero-order valence-electron chi connectivity index (χ0n) is 13.9. The molecule has 3 heterocycles. The number of ether oxygens (including phenoxy) is 1. The number of aromatic nitrogens is 3. The molecule has 0 saturated heterocycles. The summed E-state index contributed by atoms with van der Waals surface area (Å²) in [4.78, 5) is 21.7. The van der Waals surface area contributed by atoms with Gasteiger partial charge in [-0.2, -0.15) is 14.2 Å². The maximum atomic E-state index is 13.1. The molecule has 1 aliphatic rings. The largest absolute Gasteiger partial charge is 0.534 e. The van der Waals surface area contributed by atoms with Crippen molar-refractivity contribution >= 4 is 50.8 Å². The summed E-state index contributed by atoms with van der Waals surface area (Å²) < 4.78 is 9.53. The van der Waals surface area contributed by atoms with Gasteiger partial charge in [-0.15, -0.1) is 4.48 Å². The van der Waals surface area contributed by atoms with E-state index in [0.29, 0.717) is 22.6 Å². The zero-order valence-corrected chi connectivity index (χ0v) is 15.4. The van der Waals surface area contributed by atoms with Crippen LogP contribution < -0.4 is 9.22 Å². The summed E-state index contributed by atoms with van der Waals surface area (Å²) >= 11 is 7.22. The second kappa shape index (κ2) is 6.09. The molecule has 4 aromatic rings. The molecule has 1 amide bonds. The Balaban J connectivity index is 1.75. The van der Waals surface area contributed by atoms with Crippen LogP contribution in [0.5, 0.6) is 5.75 Å². The van der Waals surface area contributed by atoms with E-state index in [1.165, 1.54) is 17.9 Å². The second-order valence-corrected chi connectivity index (χ2v) is 7.32. The number of nitrogens with zero attached hydrogens (tertiary/aromatic N) is 4. The third-order valence-electron chi connectivity index (χ3n) is 4.69. The van der Waals surface area contributed by atoms with Gasteiger partial charge >= 0.3 is 11.2 Å². The summed E-state index contributed by atoms with van der Waals surface area (Å²) in [5, 5.41) is 2.88. The predicted molar refractivity (Wildman–Crippen MR) is 104 cm³/mol. The van der Waals surface area contributed by atoms with Crippen LogP contribution in [0.2, 0.25) is 5.15 Å². The Morgan fingerprint density at radius 2 is 2.00 bits per heavy atom. The van der Waals surface area contributed by atoms with Gasteiger partial charge in [0.25, 0.3) is 0 Å². The van der Waals surface area contributed by atoms with Crippen molar-refractivity contribution in [3.8, 4) is 5.75 Å². The zero-order chi connectivity index (χ0) is 18.4. The van der Waals surface area contributed by atoms with Gasteiger partial charge in [-0.3, -0.25) is 0 Å². The molecule has 2 aromatic heterocycles. The van der Waals surface area contributed by atoms with Crippen LogP contribution in [-0.2, 0) is 6.54 Å². The molecule has 0 aliphatic carbocycles. The third kappa shape index (κ3) is 2.43. The number of halogens is 1. The fourth-order valence-electron chi connectivity index (χ4n) is 3.46. The first-order chi connectivity index (χ1) is 13.2. The van der Waals surface area contributed by atoms with E-state index in [-0.39, 0.29) is 4.48 Å². The average molecular weight is 396 g/mol. The lowest BCUT2D eigenvalue weighted by Gasteiger charge is -2.25.